The first-order valence-electron chi connectivity index (χ1n) is 7.80. The van der Waals surface area contributed by atoms with E-state index in [2.05, 4.69) is 10.2 Å². The van der Waals surface area contributed by atoms with Crippen LogP contribution in [0.15, 0.2) is 76.4 Å². The highest BCUT2D eigenvalue weighted by Crippen LogP contribution is 2.27. The van der Waals surface area contributed by atoms with E-state index in [4.69, 9.17) is 4.42 Å². The summed E-state index contributed by atoms with van der Waals surface area (Å²) in [6.45, 7) is 2.01. The van der Waals surface area contributed by atoms with E-state index in [1.807, 2.05) is 73.7 Å². The van der Waals surface area contributed by atoms with Gasteiger partial charge in [-0.2, -0.15) is 0 Å². The van der Waals surface area contributed by atoms with Crippen LogP contribution in [0.2, 0.25) is 0 Å². The molecule has 3 aromatic carbocycles. The molecule has 0 fully saturated rings. The predicted octanol–water partition coefficient (Wildman–Crippen LogP) is 5.13. The monoisotopic (exact) mass is 346 g/mol. The van der Waals surface area contributed by atoms with E-state index >= 15 is 0 Å². The molecule has 4 aromatic rings. The van der Waals surface area contributed by atoms with Gasteiger partial charge in [0.2, 0.25) is 11.0 Å². The van der Waals surface area contributed by atoms with Crippen molar-refractivity contribution in [2.75, 3.05) is 0 Å². The van der Waals surface area contributed by atoms with Crippen molar-refractivity contribution in [3.63, 3.8) is 0 Å². The zero-order valence-corrected chi connectivity index (χ0v) is 14.3. The molecule has 0 bridgehead atoms. The number of aryl methyl sites for hydroxylation is 1. The van der Waals surface area contributed by atoms with E-state index < -0.39 is 0 Å². The molecule has 0 saturated heterocycles. The Morgan fingerprint density at radius 3 is 2.48 bits per heavy atom. The highest BCUT2D eigenvalue weighted by molar-refractivity contribution is 8.14. The number of nitrogens with zero attached hydrogens (tertiary/aromatic N) is 2. The van der Waals surface area contributed by atoms with Crippen LogP contribution in [-0.4, -0.2) is 15.3 Å². The van der Waals surface area contributed by atoms with Crippen LogP contribution in [0.1, 0.15) is 15.9 Å². The molecule has 1 heterocycles. The van der Waals surface area contributed by atoms with Gasteiger partial charge in [-0.15, -0.1) is 10.2 Å². The molecule has 0 aliphatic heterocycles. The SMILES string of the molecule is Cc1ccc(-c2nnc(SC(=O)c3ccc4ccccc4c3)o2)cc1. The van der Waals surface area contributed by atoms with Crippen molar-refractivity contribution in [3.8, 4) is 11.5 Å². The number of aromatic nitrogens is 2. The van der Waals surface area contributed by atoms with E-state index in [0.717, 1.165) is 33.7 Å². The minimum atomic E-state index is -0.121. The summed E-state index contributed by atoms with van der Waals surface area (Å²) in [6.07, 6.45) is 0. The average Bonchev–Trinajstić information content (AvgIpc) is 3.10. The van der Waals surface area contributed by atoms with Gasteiger partial charge in [0, 0.05) is 22.9 Å². The van der Waals surface area contributed by atoms with Crippen molar-refractivity contribution >= 4 is 27.6 Å². The lowest BCUT2D eigenvalue weighted by atomic mass is 10.1. The van der Waals surface area contributed by atoms with Crippen LogP contribution in [0.25, 0.3) is 22.2 Å². The van der Waals surface area contributed by atoms with Gasteiger partial charge in [-0.1, -0.05) is 48.0 Å². The number of carbonyl (C=O) groups excluding carboxylic acids is 1. The summed E-state index contributed by atoms with van der Waals surface area (Å²) >= 11 is 0.945. The Morgan fingerprint density at radius 1 is 0.920 bits per heavy atom. The van der Waals surface area contributed by atoms with E-state index in [9.17, 15) is 4.79 Å². The number of carbonyl (C=O) groups is 1. The molecule has 1 aromatic heterocycles. The first kappa shape index (κ1) is 15.6. The Morgan fingerprint density at radius 2 is 1.68 bits per heavy atom. The average molecular weight is 346 g/mol. The summed E-state index contributed by atoms with van der Waals surface area (Å²) in [5.74, 6) is 0.411. The molecule has 0 amide bonds. The Balaban J connectivity index is 1.55. The molecule has 0 saturated carbocycles. The van der Waals surface area contributed by atoms with Gasteiger partial charge < -0.3 is 4.42 Å². The lowest BCUT2D eigenvalue weighted by molar-refractivity contribution is 0.108. The lowest BCUT2D eigenvalue weighted by Gasteiger charge is -2.01. The Hall–Kier alpha value is -2.92. The van der Waals surface area contributed by atoms with Crippen molar-refractivity contribution in [3.05, 3.63) is 77.9 Å². The molecular weight excluding hydrogens is 332 g/mol. The van der Waals surface area contributed by atoms with Gasteiger partial charge in [0.05, 0.1) is 0 Å². The van der Waals surface area contributed by atoms with E-state index in [-0.39, 0.29) is 10.3 Å². The summed E-state index contributed by atoms with van der Waals surface area (Å²) in [7, 11) is 0. The maximum absolute atomic E-state index is 12.5. The van der Waals surface area contributed by atoms with E-state index in [1.54, 1.807) is 0 Å². The standard InChI is InChI=1S/C20H14N2O2S/c1-13-6-8-15(9-7-13)18-21-22-20(24-18)25-19(23)17-11-10-14-4-2-3-5-16(14)12-17/h2-12H,1H3. The Kier molecular flexibility index (Phi) is 4.07. The number of rotatable bonds is 3. The third kappa shape index (κ3) is 3.32. The number of benzene rings is 3. The van der Waals surface area contributed by atoms with Crippen molar-refractivity contribution in [1.82, 2.24) is 10.2 Å². The first-order valence-corrected chi connectivity index (χ1v) is 8.62. The molecular formula is C20H14N2O2S. The summed E-state index contributed by atoms with van der Waals surface area (Å²) in [6, 6.07) is 21.4. The second-order valence-electron chi connectivity index (χ2n) is 5.69. The second-order valence-corrected chi connectivity index (χ2v) is 6.61. The van der Waals surface area contributed by atoms with Crippen LogP contribution >= 0.6 is 11.8 Å². The lowest BCUT2D eigenvalue weighted by Crippen LogP contribution is -1.93. The number of hydrogen-bond acceptors (Lipinski definition) is 5. The van der Waals surface area contributed by atoms with Gasteiger partial charge in [-0.05, 0) is 42.0 Å². The van der Waals surface area contributed by atoms with Crippen LogP contribution in [0.4, 0.5) is 0 Å². The fraction of sp³-hybridized carbons (Fsp3) is 0.0500. The molecule has 25 heavy (non-hydrogen) atoms. The molecule has 5 heteroatoms. The summed E-state index contributed by atoms with van der Waals surface area (Å²) in [5, 5.41) is 10.2. The summed E-state index contributed by atoms with van der Waals surface area (Å²) < 4.78 is 5.61. The van der Waals surface area contributed by atoms with Gasteiger partial charge in [-0.3, -0.25) is 4.79 Å². The van der Waals surface area contributed by atoms with Crippen LogP contribution in [0, 0.1) is 6.92 Å². The van der Waals surface area contributed by atoms with Crippen LogP contribution in [-0.2, 0) is 0 Å². The third-order valence-electron chi connectivity index (χ3n) is 3.87. The quantitative estimate of drug-likeness (QED) is 0.481. The zero-order chi connectivity index (χ0) is 17.2. The molecule has 0 unspecified atom stereocenters. The molecule has 0 N–H and O–H groups in total. The zero-order valence-electron chi connectivity index (χ0n) is 13.5. The third-order valence-corrected chi connectivity index (χ3v) is 4.63. The highest BCUT2D eigenvalue weighted by atomic mass is 32.2. The number of hydrogen-bond donors (Lipinski definition) is 0. The fourth-order valence-corrected chi connectivity index (χ4v) is 3.12. The molecule has 0 spiro atoms. The van der Waals surface area contributed by atoms with Gasteiger partial charge in [0.25, 0.3) is 5.22 Å². The van der Waals surface area contributed by atoms with Gasteiger partial charge in [0.1, 0.15) is 0 Å². The first-order chi connectivity index (χ1) is 12.2. The Labute approximate surface area is 148 Å². The molecule has 122 valence electrons. The van der Waals surface area contributed by atoms with Gasteiger partial charge >= 0.3 is 0 Å². The Bertz CT molecular complexity index is 1050. The number of thioether (sulfide) groups is 1. The van der Waals surface area contributed by atoms with Crippen LogP contribution in [0.5, 0.6) is 0 Å². The molecule has 4 rings (SSSR count). The predicted molar refractivity (Wildman–Crippen MR) is 98.6 cm³/mol. The largest absolute Gasteiger partial charge is 0.411 e. The van der Waals surface area contributed by atoms with E-state index in [0.29, 0.717) is 11.5 Å². The van der Waals surface area contributed by atoms with Gasteiger partial charge in [0.15, 0.2) is 0 Å². The second kappa shape index (κ2) is 6.53. The van der Waals surface area contributed by atoms with Crippen molar-refractivity contribution in [1.29, 1.82) is 0 Å². The maximum Gasteiger partial charge on any atom is 0.284 e. The minimum Gasteiger partial charge on any atom is -0.411 e. The normalized spacial score (nSPS) is 10.9. The summed E-state index contributed by atoms with van der Waals surface area (Å²) in [4.78, 5) is 12.5. The minimum absolute atomic E-state index is 0.121. The van der Waals surface area contributed by atoms with Gasteiger partial charge in [-0.25, -0.2) is 0 Å². The molecule has 4 nitrogen and oxygen atoms in total. The topological polar surface area (TPSA) is 56.0 Å². The van der Waals surface area contributed by atoms with E-state index in [1.165, 1.54) is 0 Å². The molecule has 0 aliphatic rings. The highest BCUT2D eigenvalue weighted by Gasteiger charge is 2.15. The fourth-order valence-electron chi connectivity index (χ4n) is 2.52. The van der Waals surface area contributed by atoms with Crippen molar-refractivity contribution in [2.45, 2.75) is 12.1 Å². The molecule has 0 radical (unpaired) electrons. The molecule has 0 atom stereocenters. The van der Waals surface area contributed by atoms with Crippen LogP contribution in [0.3, 0.4) is 0 Å². The number of fused-ring (bicyclic) bond motifs is 1. The molecule has 0 aliphatic carbocycles. The van der Waals surface area contributed by atoms with Crippen LogP contribution < -0.4 is 0 Å². The maximum atomic E-state index is 12.5. The smallest absolute Gasteiger partial charge is 0.284 e. The van der Waals surface area contributed by atoms with Crippen molar-refractivity contribution < 1.29 is 9.21 Å². The summed E-state index contributed by atoms with van der Waals surface area (Å²) in [5.41, 5.74) is 2.60. The van der Waals surface area contributed by atoms with Crippen molar-refractivity contribution in [2.24, 2.45) is 0 Å².